The van der Waals surface area contributed by atoms with Crippen LogP contribution in [0, 0.1) is 11.6 Å². The molecule has 1 aliphatic rings. The van der Waals surface area contributed by atoms with Crippen LogP contribution in [0.4, 0.5) is 14.5 Å². The number of aromatic nitrogens is 4. The van der Waals surface area contributed by atoms with E-state index >= 15 is 0 Å². The number of halogens is 2. The Labute approximate surface area is 135 Å². The molecule has 1 heterocycles. The fraction of sp³-hybridized carbons (Fsp3) is 0.385. The molecule has 1 saturated carbocycles. The summed E-state index contributed by atoms with van der Waals surface area (Å²) in [6.07, 6.45) is 1.75. The predicted octanol–water partition coefficient (Wildman–Crippen LogP) is 0.840. The molecule has 0 atom stereocenters. The van der Waals surface area contributed by atoms with Crippen LogP contribution in [0.25, 0.3) is 0 Å². The zero-order valence-corrected chi connectivity index (χ0v) is 13.1. The maximum Gasteiger partial charge on any atom is 0.239 e. The van der Waals surface area contributed by atoms with Crippen molar-refractivity contribution in [3.05, 3.63) is 35.7 Å². The average molecular weight is 357 g/mol. The van der Waals surface area contributed by atoms with E-state index in [0.717, 1.165) is 25.0 Å². The SMILES string of the molecule is O=C(CS(=O)(=O)Cc1nnnn1C1CC1)Nc1ccc(F)cc1F. The molecule has 3 rings (SSSR count). The number of amides is 1. The first-order valence-corrected chi connectivity index (χ1v) is 8.88. The van der Waals surface area contributed by atoms with Crippen molar-refractivity contribution in [2.24, 2.45) is 0 Å². The van der Waals surface area contributed by atoms with E-state index in [0.29, 0.717) is 6.07 Å². The molecular formula is C13H13F2N5O3S. The van der Waals surface area contributed by atoms with E-state index in [1.165, 1.54) is 4.68 Å². The molecule has 1 aliphatic carbocycles. The minimum Gasteiger partial charge on any atom is -0.323 e. The van der Waals surface area contributed by atoms with Crippen LogP contribution in [0.1, 0.15) is 24.7 Å². The van der Waals surface area contributed by atoms with Crippen molar-refractivity contribution < 1.29 is 22.0 Å². The van der Waals surface area contributed by atoms with Crippen molar-refractivity contribution in [3.63, 3.8) is 0 Å². The number of rotatable bonds is 6. The van der Waals surface area contributed by atoms with E-state index in [1.54, 1.807) is 0 Å². The lowest BCUT2D eigenvalue weighted by molar-refractivity contribution is -0.113. The summed E-state index contributed by atoms with van der Waals surface area (Å²) in [5.41, 5.74) is -0.292. The fourth-order valence-corrected chi connectivity index (χ4v) is 3.29. The van der Waals surface area contributed by atoms with Crippen molar-refractivity contribution in [3.8, 4) is 0 Å². The van der Waals surface area contributed by atoms with Gasteiger partial charge >= 0.3 is 0 Å². The van der Waals surface area contributed by atoms with Crippen molar-refractivity contribution in [2.75, 3.05) is 11.1 Å². The van der Waals surface area contributed by atoms with Gasteiger partial charge in [0.2, 0.25) is 5.91 Å². The van der Waals surface area contributed by atoms with Crippen LogP contribution in [0.2, 0.25) is 0 Å². The van der Waals surface area contributed by atoms with Crippen LogP contribution in [-0.4, -0.2) is 40.3 Å². The van der Waals surface area contributed by atoms with Gasteiger partial charge in [0.05, 0.1) is 11.7 Å². The quantitative estimate of drug-likeness (QED) is 0.821. The van der Waals surface area contributed by atoms with Gasteiger partial charge in [0.25, 0.3) is 0 Å². The smallest absolute Gasteiger partial charge is 0.239 e. The molecule has 0 spiro atoms. The Morgan fingerprint density at radius 3 is 2.75 bits per heavy atom. The molecule has 8 nitrogen and oxygen atoms in total. The van der Waals surface area contributed by atoms with Gasteiger partial charge in [0.15, 0.2) is 15.7 Å². The molecule has 128 valence electrons. The second-order valence-corrected chi connectivity index (χ2v) is 7.54. The van der Waals surface area contributed by atoms with Gasteiger partial charge in [0, 0.05) is 6.07 Å². The number of hydrogen-bond donors (Lipinski definition) is 1. The normalized spacial score (nSPS) is 14.6. The summed E-state index contributed by atoms with van der Waals surface area (Å²) in [6.45, 7) is 0. The van der Waals surface area contributed by atoms with E-state index in [4.69, 9.17) is 0 Å². The van der Waals surface area contributed by atoms with Crippen LogP contribution in [0.5, 0.6) is 0 Å². The summed E-state index contributed by atoms with van der Waals surface area (Å²) in [5.74, 6) is -3.90. The fourth-order valence-electron chi connectivity index (χ4n) is 2.13. The number of nitrogens with one attached hydrogen (secondary N) is 1. The number of carbonyl (C=O) groups excluding carboxylic acids is 1. The second kappa shape index (κ2) is 6.23. The average Bonchev–Trinajstić information content (AvgIpc) is 3.22. The third kappa shape index (κ3) is 3.91. The van der Waals surface area contributed by atoms with Crippen molar-refractivity contribution in [2.45, 2.75) is 24.6 Å². The Morgan fingerprint density at radius 2 is 2.08 bits per heavy atom. The molecular weight excluding hydrogens is 344 g/mol. The Morgan fingerprint density at radius 1 is 1.33 bits per heavy atom. The molecule has 1 amide bonds. The van der Waals surface area contributed by atoms with E-state index in [1.807, 2.05) is 0 Å². The number of nitrogens with zero attached hydrogens (tertiary/aromatic N) is 4. The molecule has 24 heavy (non-hydrogen) atoms. The van der Waals surface area contributed by atoms with Gasteiger partial charge in [-0.3, -0.25) is 4.79 Å². The molecule has 0 aliphatic heterocycles. The first kappa shape index (κ1) is 16.4. The lowest BCUT2D eigenvalue weighted by Crippen LogP contribution is -2.25. The summed E-state index contributed by atoms with van der Waals surface area (Å²) in [6, 6.07) is 2.67. The van der Waals surface area contributed by atoms with E-state index < -0.39 is 38.9 Å². The van der Waals surface area contributed by atoms with Gasteiger partial charge in [-0.15, -0.1) is 5.10 Å². The zero-order valence-electron chi connectivity index (χ0n) is 12.3. The maximum absolute atomic E-state index is 13.5. The van der Waals surface area contributed by atoms with Gasteiger partial charge in [-0.25, -0.2) is 21.9 Å². The highest BCUT2D eigenvalue weighted by molar-refractivity contribution is 7.91. The van der Waals surface area contributed by atoms with Crippen LogP contribution in [0.15, 0.2) is 18.2 Å². The third-order valence-electron chi connectivity index (χ3n) is 3.36. The van der Waals surface area contributed by atoms with E-state index in [-0.39, 0.29) is 17.6 Å². The molecule has 2 aromatic rings. The molecule has 0 unspecified atom stereocenters. The van der Waals surface area contributed by atoms with Gasteiger partial charge < -0.3 is 5.32 Å². The summed E-state index contributed by atoms with van der Waals surface area (Å²) in [4.78, 5) is 11.8. The second-order valence-electron chi connectivity index (χ2n) is 5.48. The Bertz CT molecular complexity index is 879. The number of hydrogen-bond acceptors (Lipinski definition) is 6. The minimum absolute atomic E-state index is 0.104. The first-order chi connectivity index (χ1) is 11.3. The van der Waals surface area contributed by atoms with Crippen LogP contribution < -0.4 is 5.32 Å². The Balaban J connectivity index is 1.65. The van der Waals surface area contributed by atoms with Gasteiger partial charge in [-0.2, -0.15) is 0 Å². The lowest BCUT2D eigenvalue weighted by Gasteiger charge is -2.07. The van der Waals surface area contributed by atoms with Crippen LogP contribution in [-0.2, 0) is 20.4 Å². The highest BCUT2D eigenvalue weighted by Crippen LogP contribution is 2.34. The third-order valence-corrected chi connectivity index (χ3v) is 4.76. The standard InChI is InChI=1S/C13H13F2N5O3S/c14-8-1-4-11(10(15)5-8)16-13(21)7-24(22,23)6-12-17-18-19-20(12)9-2-3-9/h1,4-5,9H,2-3,6-7H2,(H,16,21). The first-order valence-electron chi connectivity index (χ1n) is 7.06. The number of sulfone groups is 1. The molecule has 0 radical (unpaired) electrons. The Hall–Kier alpha value is -2.43. The van der Waals surface area contributed by atoms with E-state index in [2.05, 4.69) is 20.8 Å². The zero-order chi connectivity index (χ0) is 17.3. The molecule has 1 aromatic heterocycles. The Kier molecular flexibility index (Phi) is 4.26. The van der Waals surface area contributed by atoms with Crippen molar-refractivity contribution in [1.29, 1.82) is 0 Å². The number of anilines is 1. The van der Waals surface area contributed by atoms with Gasteiger partial charge in [-0.05, 0) is 35.4 Å². The molecule has 11 heteroatoms. The van der Waals surface area contributed by atoms with Crippen molar-refractivity contribution >= 4 is 21.4 Å². The molecule has 1 fully saturated rings. The van der Waals surface area contributed by atoms with Crippen molar-refractivity contribution in [1.82, 2.24) is 20.2 Å². The number of carbonyl (C=O) groups is 1. The number of benzene rings is 1. The molecule has 1 aromatic carbocycles. The summed E-state index contributed by atoms with van der Waals surface area (Å²) in [5, 5.41) is 13.0. The number of tetrazole rings is 1. The summed E-state index contributed by atoms with van der Waals surface area (Å²) >= 11 is 0. The molecule has 0 saturated heterocycles. The summed E-state index contributed by atoms with van der Waals surface area (Å²) in [7, 11) is -3.85. The summed E-state index contributed by atoms with van der Waals surface area (Å²) < 4.78 is 51.9. The van der Waals surface area contributed by atoms with E-state index in [9.17, 15) is 22.0 Å². The maximum atomic E-state index is 13.5. The lowest BCUT2D eigenvalue weighted by atomic mass is 10.3. The predicted molar refractivity (Wildman–Crippen MR) is 78.6 cm³/mol. The molecule has 0 bridgehead atoms. The van der Waals surface area contributed by atoms with Crippen LogP contribution in [0.3, 0.4) is 0 Å². The van der Waals surface area contributed by atoms with Gasteiger partial charge in [0.1, 0.15) is 23.1 Å². The minimum atomic E-state index is -3.85. The largest absolute Gasteiger partial charge is 0.323 e. The molecule has 1 N–H and O–H groups in total. The highest BCUT2D eigenvalue weighted by Gasteiger charge is 2.30. The topological polar surface area (TPSA) is 107 Å². The monoisotopic (exact) mass is 357 g/mol. The highest BCUT2D eigenvalue weighted by atomic mass is 32.2. The van der Waals surface area contributed by atoms with Gasteiger partial charge in [-0.1, -0.05) is 0 Å². The van der Waals surface area contributed by atoms with Crippen LogP contribution >= 0.6 is 0 Å².